The first-order chi connectivity index (χ1) is 6.71. The fourth-order valence-corrected chi connectivity index (χ4v) is 1.23. The lowest BCUT2D eigenvalue weighted by atomic mass is 10.1. The third-order valence-electron chi connectivity index (χ3n) is 2.14. The van der Waals surface area contributed by atoms with Gasteiger partial charge < -0.3 is 10.0 Å². The van der Waals surface area contributed by atoms with Crippen LogP contribution in [0.5, 0.6) is 0 Å². The average molecular weight is 198 g/mol. The Kier molecular flexibility index (Phi) is 6.77. The first-order valence-electron chi connectivity index (χ1n) is 5.00. The van der Waals surface area contributed by atoms with E-state index in [4.69, 9.17) is 10.4 Å². The molecule has 0 bridgehead atoms. The summed E-state index contributed by atoms with van der Waals surface area (Å²) in [4.78, 5) is 13.3. The van der Waals surface area contributed by atoms with E-state index in [0.29, 0.717) is 25.9 Å². The molecule has 1 atom stereocenters. The second-order valence-electron chi connectivity index (χ2n) is 3.09. The van der Waals surface area contributed by atoms with E-state index < -0.39 is 5.92 Å². The zero-order chi connectivity index (χ0) is 11.0. The van der Waals surface area contributed by atoms with Gasteiger partial charge >= 0.3 is 0 Å². The highest BCUT2D eigenvalue weighted by molar-refractivity contribution is 5.81. The Morgan fingerprint density at radius 3 is 2.57 bits per heavy atom. The molecular weight excluding hydrogens is 180 g/mol. The number of rotatable bonds is 6. The Hall–Kier alpha value is -1.08. The summed E-state index contributed by atoms with van der Waals surface area (Å²) in [6.45, 7) is 4.90. The van der Waals surface area contributed by atoms with Gasteiger partial charge in [0.05, 0.1) is 6.07 Å². The maximum atomic E-state index is 11.7. The molecule has 1 unspecified atom stereocenters. The highest BCUT2D eigenvalue weighted by Crippen LogP contribution is 2.06. The summed E-state index contributed by atoms with van der Waals surface area (Å²) in [5, 5.41) is 17.4. The third-order valence-corrected chi connectivity index (χ3v) is 2.14. The molecule has 0 aromatic carbocycles. The summed E-state index contributed by atoms with van der Waals surface area (Å²) < 4.78 is 0. The van der Waals surface area contributed by atoms with Gasteiger partial charge in [-0.3, -0.25) is 4.79 Å². The molecular formula is C10H18N2O2. The van der Waals surface area contributed by atoms with E-state index in [1.807, 2.05) is 19.9 Å². The van der Waals surface area contributed by atoms with Gasteiger partial charge in [-0.1, -0.05) is 6.92 Å². The lowest BCUT2D eigenvalue weighted by Gasteiger charge is -2.22. The average Bonchev–Trinajstić information content (AvgIpc) is 2.21. The van der Waals surface area contributed by atoms with Crippen LogP contribution in [0.2, 0.25) is 0 Å². The van der Waals surface area contributed by atoms with Crippen molar-refractivity contribution in [2.45, 2.75) is 26.7 Å². The molecule has 0 aliphatic rings. The lowest BCUT2D eigenvalue weighted by molar-refractivity contribution is -0.133. The van der Waals surface area contributed by atoms with Crippen LogP contribution < -0.4 is 0 Å². The maximum Gasteiger partial charge on any atom is 0.239 e. The van der Waals surface area contributed by atoms with E-state index in [-0.39, 0.29) is 12.5 Å². The van der Waals surface area contributed by atoms with Crippen molar-refractivity contribution < 1.29 is 9.90 Å². The molecule has 0 aliphatic carbocycles. The smallest absolute Gasteiger partial charge is 0.239 e. The fraction of sp³-hybridized carbons (Fsp3) is 0.800. The molecule has 0 heterocycles. The molecule has 1 N–H and O–H groups in total. The molecule has 80 valence electrons. The van der Waals surface area contributed by atoms with E-state index in [1.165, 1.54) is 0 Å². The molecule has 0 rings (SSSR count). The molecule has 0 spiro atoms. The molecule has 0 saturated heterocycles. The lowest BCUT2D eigenvalue weighted by Crippen LogP contribution is -2.36. The number of nitrogens with zero attached hydrogens (tertiary/aromatic N) is 2. The van der Waals surface area contributed by atoms with Crippen LogP contribution in [0.4, 0.5) is 0 Å². The van der Waals surface area contributed by atoms with E-state index in [0.717, 1.165) is 0 Å². The molecule has 0 saturated carbocycles. The van der Waals surface area contributed by atoms with Crippen molar-refractivity contribution in [3.63, 3.8) is 0 Å². The SMILES string of the molecule is CCC(C#N)C(=O)N(CC)CCCO. The van der Waals surface area contributed by atoms with Crippen LogP contribution in [0.15, 0.2) is 0 Å². The monoisotopic (exact) mass is 198 g/mol. The number of carbonyl (C=O) groups excluding carboxylic acids is 1. The van der Waals surface area contributed by atoms with Crippen LogP contribution in [0.3, 0.4) is 0 Å². The summed E-state index contributed by atoms with van der Waals surface area (Å²) in [7, 11) is 0. The predicted octanol–water partition coefficient (Wildman–Crippen LogP) is 0.767. The van der Waals surface area contributed by atoms with Crippen molar-refractivity contribution in [3.8, 4) is 6.07 Å². The fourth-order valence-electron chi connectivity index (χ4n) is 1.23. The number of aliphatic hydroxyl groups excluding tert-OH is 1. The zero-order valence-corrected chi connectivity index (χ0v) is 8.86. The molecule has 0 aliphatic heterocycles. The number of nitriles is 1. The van der Waals surface area contributed by atoms with E-state index in [1.54, 1.807) is 4.90 Å². The number of aliphatic hydroxyl groups is 1. The summed E-state index contributed by atoms with van der Waals surface area (Å²) in [6.07, 6.45) is 1.12. The van der Waals surface area contributed by atoms with Crippen LogP contribution in [0, 0.1) is 17.2 Å². The quantitative estimate of drug-likeness (QED) is 0.685. The molecule has 0 fully saturated rings. The molecule has 14 heavy (non-hydrogen) atoms. The van der Waals surface area contributed by atoms with Gasteiger partial charge in [-0.15, -0.1) is 0 Å². The molecule has 0 aromatic heterocycles. The highest BCUT2D eigenvalue weighted by atomic mass is 16.3. The summed E-state index contributed by atoms with van der Waals surface area (Å²) in [6, 6.07) is 1.99. The Bertz CT molecular complexity index is 211. The third kappa shape index (κ3) is 3.75. The second-order valence-corrected chi connectivity index (χ2v) is 3.09. The van der Waals surface area contributed by atoms with Gasteiger partial charge in [-0.25, -0.2) is 0 Å². The van der Waals surface area contributed by atoms with Gasteiger partial charge in [0.15, 0.2) is 0 Å². The molecule has 0 radical (unpaired) electrons. The van der Waals surface area contributed by atoms with E-state index in [9.17, 15) is 4.79 Å². The Labute approximate surface area is 85.1 Å². The Morgan fingerprint density at radius 1 is 1.57 bits per heavy atom. The zero-order valence-electron chi connectivity index (χ0n) is 8.86. The van der Waals surface area contributed by atoms with Gasteiger partial charge in [0.1, 0.15) is 5.92 Å². The van der Waals surface area contributed by atoms with Crippen LogP contribution in [0.25, 0.3) is 0 Å². The maximum absolute atomic E-state index is 11.7. The van der Waals surface area contributed by atoms with Crippen LogP contribution >= 0.6 is 0 Å². The topological polar surface area (TPSA) is 64.3 Å². The van der Waals surface area contributed by atoms with Crippen LogP contribution in [-0.2, 0) is 4.79 Å². The van der Waals surface area contributed by atoms with Crippen molar-refractivity contribution in [3.05, 3.63) is 0 Å². The van der Waals surface area contributed by atoms with Crippen LogP contribution in [-0.4, -0.2) is 35.6 Å². The minimum absolute atomic E-state index is 0.0765. The first-order valence-corrected chi connectivity index (χ1v) is 5.00. The van der Waals surface area contributed by atoms with Crippen molar-refractivity contribution >= 4 is 5.91 Å². The highest BCUT2D eigenvalue weighted by Gasteiger charge is 2.20. The molecule has 0 aromatic rings. The van der Waals surface area contributed by atoms with E-state index in [2.05, 4.69) is 0 Å². The summed E-state index contributed by atoms with van der Waals surface area (Å²) in [5.74, 6) is -0.653. The molecule has 1 amide bonds. The molecule has 4 heteroatoms. The minimum Gasteiger partial charge on any atom is -0.396 e. The standard InChI is InChI=1S/C10H18N2O2/c1-3-9(8-11)10(14)12(4-2)6-5-7-13/h9,13H,3-7H2,1-2H3. The first kappa shape index (κ1) is 12.9. The van der Waals surface area contributed by atoms with Gasteiger partial charge in [-0.05, 0) is 19.8 Å². The Morgan fingerprint density at radius 2 is 2.21 bits per heavy atom. The second kappa shape index (κ2) is 7.34. The predicted molar refractivity (Wildman–Crippen MR) is 53.4 cm³/mol. The van der Waals surface area contributed by atoms with Crippen LogP contribution in [0.1, 0.15) is 26.7 Å². The number of carbonyl (C=O) groups is 1. The van der Waals surface area contributed by atoms with Crippen molar-refractivity contribution in [2.75, 3.05) is 19.7 Å². The number of amides is 1. The molecule has 4 nitrogen and oxygen atoms in total. The van der Waals surface area contributed by atoms with Crippen molar-refractivity contribution in [1.29, 1.82) is 5.26 Å². The van der Waals surface area contributed by atoms with Gasteiger partial charge in [0.2, 0.25) is 5.91 Å². The normalized spacial score (nSPS) is 11.9. The van der Waals surface area contributed by atoms with Crippen molar-refractivity contribution in [2.24, 2.45) is 5.92 Å². The number of hydrogen-bond acceptors (Lipinski definition) is 3. The minimum atomic E-state index is -0.534. The van der Waals surface area contributed by atoms with Gasteiger partial charge in [-0.2, -0.15) is 5.26 Å². The summed E-state index contributed by atoms with van der Waals surface area (Å²) in [5.41, 5.74) is 0. The Balaban J connectivity index is 4.23. The van der Waals surface area contributed by atoms with E-state index >= 15 is 0 Å². The van der Waals surface area contributed by atoms with Crippen molar-refractivity contribution in [1.82, 2.24) is 4.90 Å². The van der Waals surface area contributed by atoms with Gasteiger partial charge in [0, 0.05) is 19.7 Å². The largest absolute Gasteiger partial charge is 0.396 e. The van der Waals surface area contributed by atoms with Gasteiger partial charge in [0.25, 0.3) is 0 Å². The summed E-state index contributed by atoms with van der Waals surface area (Å²) >= 11 is 0. The number of hydrogen-bond donors (Lipinski definition) is 1.